The van der Waals surface area contributed by atoms with E-state index in [-0.39, 0.29) is 11.1 Å². The maximum atomic E-state index is 11.6. The summed E-state index contributed by atoms with van der Waals surface area (Å²) in [6.45, 7) is 4.36. The quantitative estimate of drug-likeness (QED) is 0.844. The third-order valence-corrected chi connectivity index (χ3v) is 4.24. The molecule has 3 rings (SSSR count). The maximum Gasteiger partial charge on any atom is 0.345 e. The third-order valence-electron chi connectivity index (χ3n) is 3.93. The highest BCUT2D eigenvalue weighted by atomic mass is 35.5. The molecule has 1 aliphatic rings. The van der Waals surface area contributed by atoms with Crippen LogP contribution < -0.4 is 5.69 Å². The first-order valence-corrected chi connectivity index (χ1v) is 6.09. The zero-order valence-corrected chi connectivity index (χ0v) is 10.5. The molecular weight excluding hydrogens is 236 g/mol. The molecule has 1 fully saturated rings. The number of nitrogens with zero attached hydrogens (tertiary/aromatic N) is 1. The Morgan fingerprint density at radius 2 is 2.24 bits per heavy atom. The Hall–Kier alpha value is -1.35. The fourth-order valence-electron chi connectivity index (χ4n) is 2.51. The Balaban J connectivity index is 2.39. The lowest BCUT2D eigenvalue weighted by Crippen LogP contribution is -2.18. The zero-order valence-electron chi connectivity index (χ0n) is 9.75. The van der Waals surface area contributed by atoms with E-state index in [2.05, 4.69) is 23.8 Å². The number of aromatic amines is 1. The number of rotatable bonds is 1. The number of aromatic nitrogens is 2. The standard InChI is InChI=1S/C13H13ClN2O/c1-7-6-13(7,2)11-8-4-3-5-9(14)10(8)15-12(17)16-11/h3-5,7H,6H2,1-2H3,(H,15,16,17)/t7-,13?/m1/s1. The molecule has 1 unspecified atom stereocenters. The topological polar surface area (TPSA) is 45.8 Å². The van der Waals surface area contributed by atoms with Gasteiger partial charge >= 0.3 is 5.69 Å². The summed E-state index contributed by atoms with van der Waals surface area (Å²) in [5.74, 6) is 0.586. The fraction of sp³-hybridized carbons (Fsp3) is 0.385. The van der Waals surface area contributed by atoms with Crippen LogP contribution in [0.4, 0.5) is 0 Å². The van der Waals surface area contributed by atoms with Gasteiger partial charge in [-0.1, -0.05) is 37.6 Å². The molecule has 2 aromatic rings. The minimum absolute atomic E-state index is 0.0605. The average molecular weight is 249 g/mol. The van der Waals surface area contributed by atoms with E-state index in [1.165, 1.54) is 0 Å². The van der Waals surface area contributed by atoms with Crippen molar-refractivity contribution < 1.29 is 0 Å². The summed E-state index contributed by atoms with van der Waals surface area (Å²) in [6.07, 6.45) is 1.09. The predicted octanol–water partition coefficient (Wildman–Crippen LogP) is 2.87. The van der Waals surface area contributed by atoms with Crippen molar-refractivity contribution in [3.63, 3.8) is 0 Å². The molecule has 1 N–H and O–H groups in total. The monoisotopic (exact) mass is 248 g/mol. The van der Waals surface area contributed by atoms with Crippen LogP contribution in [-0.2, 0) is 5.41 Å². The Kier molecular flexibility index (Phi) is 2.11. The number of para-hydroxylation sites is 1. The lowest BCUT2D eigenvalue weighted by Gasteiger charge is -2.13. The molecule has 2 atom stereocenters. The van der Waals surface area contributed by atoms with Crippen molar-refractivity contribution in [1.29, 1.82) is 0 Å². The Bertz CT molecular complexity index is 664. The Labute approximate surface area is 104 Å². The lowest BCUT2D eigenvalue weighted by molar-refractivity contribution is 0.677. The summed E-state index contributed by atoms with van der Waals surface area (Å²) in [6, 6.07) is 5.62. The number of H-pyrrole nitrogens is 1. The van der Waals surface area contributed by atoms with Crippen LogP contribution in [0.2, 0.25) is 5.02 Å². The minimum atomic E-state index is -0.319. The van der Waals surface area contributed by atoms with Gasteiger partial charge in [0.15, 0.2) is 0 Å². The van der Waals surface area contributed by atoms with Gasteiger partial charge in [0.25, 0.3) is 0 Å². The lowest BCUT2D eigenvalue weighted by atomic mass is 9.98. The molecule has 4 heteroatoms. The van der Waals surface area contributed by atoms with Crippen LogP contribution in [0.25, 0.3) is 10.9 Å². The molecule has 17 heavy (non-hydrogen) atoms. The Morgan fingerprint density at radius 3 is 2.88 bits per heavy atom. The van der Waals surface area contributed by atoms with Crippen molar-refractivity contribution in [3.05, 3.63) is 39.4 Å². The number of halogens is 1. The number of nitrogens with one attached hydrogen (secondary N) is 1. The van der Waals surface area contributed by atoms with E-state index in [4.69, 9.17) is 11.6 Å². The normalized spacial score (nSPS) is 27.4. The molecule has 3 nitrogen and oxygen atoms in total. The van der Waals surface area contributed by atoms with Gasteiger partial charge in [0, 0.05) is 16.5 Å². The largest absolute Gasteiger partial charge is 0.345 e. The van der Waals surface area contributed by atoms with Crippen LogP contribution in [0.15, 0.2) is 23.0 Å². The Morgan fingerprint density at radius 1 is 1.53 bits per heavy atom. The molecular formula is C13H13ClN2O. The number of benzene rings is 1. The number of fused-ring (bicyclic) bond motifs is 1. The molecule has 1 aromatic heterocycles. The van der Waals surface area contributed by atoms with E-state index in [0.29, 0.717) is 16.5 Å². The highest BCUT2D eigenvalue weighted by Gasteiger charge is 2.49. The smallest absolute Gasteiger partial charge is 0.309 e. The molecule has 1 aromatic carbocycles. The fourth-order valence-corrected chi connectivity index (χ4v) is 2.73. The molecule has 0 aliphatic heterocycles. The molecule has 88 valence electrons. The van der Waals surface area contributed by atoms with Gasteiger partial charge in [-0.05, 0) is 18.4 Å². The van der Waals surface area contributed by atoms with E-state index in [1.54, 1.807) is 6.07 Å². The molecule has 1 aliphatic carbocycles. The van der Waals surface area contributed by atoms with Crippen LogP contribution >= 0.6 is 11.6 Å². The van der Waals surface area contributed by atoms with Crippen molar-refractivity contribution in [2.75, 3.05) is 0 Å². The first-order valence-electron chi connectivity index (χ1n) is 5.71. The highest BCUT2D eigenvalue weighted by molar-refractivity contribution is 6.35. The summed E-state index contributed by atoms with van der Waals surface area (Å²) >= 11 is 6.09. The van der Waals surface area contributed by atoms with Gasteiger partial charge in [-0.15, -0.1) is 0 Å². The summed E-state index contributed by atoms with van der Waals surface area (Å²) in [5.41, 5.74) is 1.32. The van der Waals surface area contributed by atoms with Gasteiger partial charge in [-0.25, -0.2) is 4.79 Å². The number of hydrogen-bond donors (Lipinski definition) is 1. The van der Waals surface area contributed by atoms with E-state index >= 15 is 0 Å². The van der Waals surface area contributed by atoms with Crippen molar-refractivity contribution in [1.82, 2.24) is 9.97 Å². The molecule has 1 saturated carbocycles. The van der Waals surface area contributed by atoms with E-state index in [0.717, 1.165) is 17.5 Å². The van der Waals surface area contributed by atoms with Crippen molar-refractivity contribution in [3.8, 4) is 0 Å². The average Bonchev–Trinajstić information content (AvgIpc) is 2.89. The second kappa shape index (κ2) is 3.33. The maximum absolute atomic E-state index is 11.6. The van der Waals surface area contributed by atoms with E-state index in [1.807, 2.05) is 12.1 Å². The van der Waals surface area contributed by atoms with Crippen molar-refractivity contribution >= 4 is 22.5 Å². The summed E-state index contributed by atoms with van der Waals surface area (Å²) in [7, 11) is 0. The van der Waals surface area contributed by atoms with Gasteiger partial charge < -0.3 is 4.98 Å². The predicted molar refractivity (Wildman–Crippen MR) is 68.5 cm³/mol. The molecule has 1 heterocycles. The van der Waals surface area contributed by atoms with Crippen LogP contribution in [0, 0.1) is 5.92 Å². The van der Waals surface area contributed by atoms with Gasteiger partial charge in [-0.3, -0.25) is 0 Å². The molecule has 0 amide bonds. The van der Waals surface area contributed by atoms with Crippen molar-refractivity contribution in [2.24, 2.45) is 5.92 Å². The second-order valence-corrected chi connectivity index (χ2v) is 5.48. The van der Waals surface area contributed by atoms with Crippen LogP contribution in [-0.4, -0.2) is 9.97 Å². The summed E-state index contributed by atoms with van der Waals surface area (Å²) in [4.78, 5) is 18.5. The minimum Gasteiger partial charge on any atom is -0.309 e. The van der Waals surface area contributed by atoms with Gasteiger partial charge in [0.05, 0.1) is 10.5 Å². The van der Waals surface area contributed by atoms with Gasteiger partial charge in [0.1, 0.15) is 0 Å². The van der Waals surface area contributed by atoms with Gasteiger partial charge in [0.2, 0.25) is 0 Å². The van der Waals surface area contributed by atoms with E-state index < -0.39 is 0 Å². The molecule has 0 bridgehead atoms. The first-order chi connectivity index (χ1) is 8.02. The van der Waals surface area contributed by atoms with Crippen LogP contribution in [0.1, 0.15) is 26.0 Å². The highest BCUT2D eigenvalue weighted by Crippen LogP contribution is 2.54. The number of hydrogen-bond acceptors (Lipinski definition) is 2. The first kappa shape index (κ1) is 10.8. The molecule has 0 spiro atoms. The summed E-state index contributed by atoms with van der Waals surface area (Å²) < 4.78 is 0. The molecule has 0 saturated heterocycles. The van der Waals surface area contributed by atoms with Gasteiger partial charge in [-0.2, -0.15) is 4.98 Å². The van der Waals surface area contributed by atoms with E-state index in [9.17, 15) is 4.79 Å². The summed E-state index contributed by atoms with van der Waals surface area (Å²) in [5, 5.41) is 1.50. The second-order valence-electron chi connectivity index (χ2n) is 5.08. The van der Waals surface area contributed by atoms with Crippen LogP contribution in [0.5, 0.6) is 0 Å². The molecule has 0 radical (unpaired) electrons. The third kappa shape index (κ3) is 1.49. The zero-order chi connectivity index (χ0) is 12.2. The SMILES string of the molecule is C[C@@H]1CC1(C)c1[nH]c(=O)nc2c(Cl)cccc12. The van der Waals surface area contributed by atoms with Crippen molar-refractivity contribution in [2.45, 2.75) is 25.7 Å². The van der Waals surface area contributed by atoms with Crippen LogP contribution in [0.3, 0.4) is 0 Å².